The van der Waals surface area contributed by atoms with E-state index < -0.39 is 10.0 Å². The molecule has 2 fully saturated rings. The van der Waals surface area contributed by atoms with Crippen LogP contribution in [0.4, 0.5) is 5.69 Å². The largest absolute Gasteiger partial charge is 0.378 e. The minimum Gasteiger partial charge on any atom is -0.378 e. The highest BCUT2D eigenvalue weighted by molar-refractivity contribution is 7.89. The summed E-state index contributed by atoms with van der Waals surface area (Å²) in [7, 11) is -0.620. The lowest BCUT2D eigenvalue weighted by Gasteiger charge is -2.30. The lowest BCUT2D eigenvalue weighted by Crippen LogP contribution is -2.38. The normalized spacial score (nSPS) is 18.7. The molecule has 7 nitrogen and oxygen atoms in total. The van der Waals surface area contributed by atoms with E-state index in [0.717, 1.165) is 22.8 Å². The molecule has 132 valence electrons. The highest BCUT2D eigenvalue weighted by Crippen LogP contribution is 2.27. The molecule has 1 amide bonds. The van der Waals surface area contributed by atoms with Gasteiger partial charge in [0, 0.05) is 38.9 Å². The van der Waals surface area contributed by atoms with Gasteiger partial charge in [0.1, 0.15) is 0 Å². The molecule has 0 spiro atoms. The second-order valence-electron chi connectivity index (χ2n) is 6.31. The summed E-state index contributed by atoms with van der Waals surface area (Å²) in [6.07, 6.45) is 1.96. The van der Waals surface area contributed by atoms with Crippen LogP contribution in [0.15, 0.2) is 23.1 Å². The van der Waals surface area contributed by atoms with Gasteiger partial charge in [-0.05, 0) is 31.0 Å². The van der Waals surface area contributed by atoms with Crippen LogP contribution in [0.1, 0.15) is 23.2 Å². The van der Waals surface area contributed by atoms with E-state index in [-0.39, 0.29) is 16.8 Å². The summed E-state index contributed by atoms with van der Waals surface area (Å²) >= 11 is 0. The fraction of sp³-hybridized carbons (Fsp3) is 0.562. The topological polar surface area (TPSA) is 79.0 Å². The summed E-state index contributed by atoms with van der Waals surface area (Å²) in [5, 5.41) is 2.95. The van der Waals surface area contributed by atoms with Crippen molar-refractivity contribution in [2.45, 2.75) is 23.8 Å². The molecule has 1 saturated heterocycles. The van der Waals surface area contributed by atoms with Gasteiger partial charge < -0.3 is 15.0 Å². The third kappa shape index (κ3) is 3.55. The maximum Gasteiger partial charge on any atom is 0.253 e. The summed E-state index contributed by atoms with van der Waals surface area (Å²) in [4.78, 5) is 14.8. The monoisotopic (exact) mass is 353 g/mol. The number of rotatable bonds is 5. The van der Waals surface area contributed by atoms with Crippen LogP contribution in [0.25, 0.3) is 0 Å². The zero-order valence-electron chi connectivity index (χ0n) is 14.0. The number of nitrogens with one attached hydrogen (secondary N) is 1. The van der Waals surface area contributed by atoms with Crippen molar-refractivity contribution in [3.05, 3.63) is 23.8 Å². The Bertz CT molecular complexity index is 723. The Kier molecular flexibility index (Phi) is 4.80. The molecule has 0 radical (unpaired) electrons. The van der Waals surface area contributed by atoms with E-state index in [0.29, 0.717) is 31.9 Å². The summed E-state index contributed by atoms with van der Waals surface area (Å²) in [6.45, 7) is 2.57. The predicted molar refractivity (Wildman–Crippen MR) is 90.8 cm³/mol. The van der Waals surface area contributed by atoms with Crippen LogP contribution in [0.2, 0.25) is 0 Å². The summed E-state index contributed by atoms with van der Waals surface area (Å²) in [5.41, 5.74) is 1.17. The first-order chi connectivity index (χ1) is 11.4. The van der Waals surface area contributed by atoms with Gasteiger partial charge in [0.25, 0.3) is 5.91 Å². The van der Waals surface area contributed by atoms with Crippen molar-refractivity contribution in [3.63, 3.8) is 0 Å². The second kappa shape index (κ2) is 6.70. The van der Waals surface area contributed by atoms with E-state index in [9.17, 15) is 13.2 Å². The quantitative estimate of drug-likeness (QED) is 0.842. The van der Waals surface area contributed by atoms with Crippen molar-refractivity contribution in [3.8, 4) is 0 Å². The molecule has 0 unspecified atom stereocenters. The molecule has 1 aromatic rings. The molecule has 0 aromatic heterocycles. The number of hydrogen-bond donors (Lipinski definition) is 1. The van der Waals surface area contributed by atoms with E-state index in [1.165, 1.54) is 20.2 Å². The number of ether oxygens (including phenoxy) is 1. The minimum atomic E-state index is -3.58. The van der Waals surface area contributed by atoms with Crippen LogP contribution in [-0.2, 0) is 14.8 Å². The van der Waals surface area contributed by atoms with Crippen molar-refractivity contribution in [2.24, 2.45) is 0 Å². The maximum absolute atomic E-state index is 12.6. The van der Waals surface area contributed by atoms with Gasteiger partial charge in [0.2, 0.25) is 10.0 Å². The number of morpholine rings is 1. The van der Waals surface area contributed by atoms with E-state index in [2.05, 4.69) is 10.2 Å². The Hall–Kier alpha value is -1.64. The first-order valence-corrected chi connectivity index (χ1v) is 9.54. The standard InChI is InChI=1S/C16H23N3O4S/c1-18(2)24(21,22)13-5-6-15(19-7-9-23-10-8-19)14(11-13)16(20)17-12-3-4-12/h5-6,11-12H,3-4,7-10H2,1-2H3,(H,17,20). The number of carbonyl (C=O) groups is 1. The smallest absolute Gasteiger partial charge is 0.253 e. The molecule has 1 N–H and O–H groups in total. The zero-order chi connectivity index (χ0) is 17.3. The van der Waals surface area contributed by atoms with E-state index >= 15 is 0 Å². The molecule has 8 heteroatoms. The van der Waals surface area contributed by atoms with Crippen molar-refractivity contribution in [1.82, 2.24) is 9.62 Å². The van der Waals surface area contributed by atoms with Crippen LogP contribution in [-0.4, -0.2) is 65.1 Å². The van der Waals surface area contributed by atoms with Gasteiger partial charge in [-0.2, -0.15) is 0 Å². The van der Waals surface area contributed by atoms with Crippen molar-refractivity contribution < 1.29 is 17.9 Å². The molecule has 2 aliphatic rings. The van der Waals surface area contributed by atoms with Gasteiger partial charge in [-0.15, -0.1) is 0 Å². The number of anilines is 1. The Morgan fingerprint density at radius 3 is 2.50 bits per heavy atom. The average Bonchev–Trinajstić information content (AvgIpc) is 3.39. The fourth-order valence-electron chi connectivity index (χ4n) is 2.64. The van der Waals surface area contributed by atoms with Gasteiger partial charge in [-0.1, -0.05) is 0 Å². The van der Waals surface area contributed by atoms with Crippen molar-refractivity contribution in [1.29, 1.82) is 0 Å². The van der Waals surface area contributed by atoms with Crippen molar-refractivity contribution >= 4 is 21.6 Å². The number of carbonyl (C=O) groups excluding carboxylic acids is 1. The summed E-state index contributed by atoms with van der Waals surface area (Å²) in [5.74, 6) is -0.213. The highest BCUT2D eigenvalue weighted by Gasteiger charge is 2.28. The molecule has 1 saturated carbocycles. The second-order valence-corrected chi connectivity index (χ2v) is 8.47. The molecule has 0 atom stereocenters. The van der Waals surface area contributed by atoms with Gasteiger partial charge in [-0.25, -0.2) is 12.7 Å². The van der Waals surface area contributed by atoms with E-state index in [4.69, 9.17) is 4.74 Å². The van der Waals surface area contributed by atoms with Gasteiger partial charge in [-0.3, -0.25) is 4.79 Å². The predicted octanol–water partition coefficient (Wildman–Crippen LogP) is 0.666. The number of amides is 1. The lowest BCUT2D eigenvalue weighted by molar-refractivity contribution is 0.0949. The zero-order valence-corrected chi connectivity index (χ0v) is 14.8. The number of benzene rings is 1. The van der Waals surface area contributed by atoms with Crippen LogP contribution >= 0.6 is 0 Å². The fourth-order valence-corrected chi connectivity index (χ4v) is 3.57. The average molecular weight is 353 g/mol. The first-order valence-electron chi connectivity index (χ1n) is 8.10. The highest BCUT2D eigenvalue weighted by atomic mass is 32.2. The Labute approximate surface area is 142 Å². The minimum absolute atomic E-state index is 0.130. The van der Waals surface area contributed by atoms with Gasteiger partial charge in [0.05, 0.1) is 23.7 Å². The van der Waals surface area contributed by atoms with Crippen LogP contribution in [0.5, 0.6) is 0 Å². The van der Waals surface area contributed by atoms with Gasteiger partial charge in [0.15, 0.2) is 0 Å². The SMILES string of the molecule is CN(C)S(=O)(=O)c1ccc(N2CCOCC2)c(C(=O)NC2CC2)c1. The number of hydrogen-bond acceptors (Lipinski definition) is 5. The van der Waals surface area contributed by atoms with Crippen molar-refractivity contribution in [2.75, 3.05) is 45.3 Å². The van der Waals surface area contributed by atoms with Crippen LogP contribution < -0.4 is 10.2 Å². The number of sulfonamides is 1. The van der Waals surface area contributed by atoms with Crippen LogP contribution in [0.3, 0.4) is 0 Å². The molecule has 3 rings (SSSR count). The summed E-state index contributed by atoms with van der Waals surface area (Å²) < 4.78 is 31.3. The molecule has 24 heavy (non-hydrogen) atoms. The molecule has 1 aliphatic heterocycles. The Balaban J connectivity index is 1.99. The first kappa shape index (κ1) is 17.2. The molecular formula is C16H23N3O4S. The number of nitrogens with zero attached hydrogens (tertiary/aromatic N) is 2. The molecule has 1 aromatic carbocycles. The Morgan fingerprint density at radius 2 is 1.92 bits per heavy atom. The molecule has 0 bridgehead atoms. The molecule has 1 aliphatic carbocycles. The summed E-state index contributed by atoms with van der Waals surface area (Å²) in [6, 6.07) is 4.99. The van der Waals surface area contributed by atoms with Crippen LogP contribution in [0, 0.1) is 0 Å². The Morgan fingerprint density at radius 1 is 1.25 bits per heavy atom. The molecule has 1 heterocycles. The van der Waals surface area contributed by atoms with Gasteiger partial charge >= 0.3 is 0 Å². The third-order valence-electron chi connectivity index (χ3n) is 4.26. The lowest BCUT2D eigenvalue weighted by atomic mass is 10.1. The maximum atomic E-state index is 12.6. The third-order valence-corrected chi connectivity index (χ3v) is 6.07. The van der Waals surface area contributed by atoms with E-state index in [1.807, 2.05) is 0 Å². The molecular weight excluding hydrogens is 330 g/mol. The van der Waals surface area contributed by atoms with E-state index in [1.54, 1.807) is 12.1 Å².